The fourth-order valence-electron chi connectivity index (χ4n) is 6.45. The Kier molecular flexibility index (Phi) is 9.17. The molecular formula is C33H33ClF3N7O7S. The number of nitrogens with zero attached hydrogens (tertiary/aromatic N) is 5. The summed E-state index contributed by atoms with van der Waals surface area (Å²) in [6.45, 7) is -0.167. The first-order valence-corrected chi connectivity index (χ1v) is 18.5. The monoisotopic (exact) mass is 763 g/mol. The molecule has 4 heterocycles. The number of carbonyl (C=O) groups excluding carboxylic acids is 3. The number of allylic oxidation sites excluding steroid dienone is 1. The molecule has 2 aromatic heterocycles. The number of nitrogens with one attached hydrogen (secondary N) is 2. The van der Waals surface area contributed by atoms with Crippen LogP contribution in [0.1, 0.15) is 50.6 Å². The number of carbonyl (C=O) groups is 3. The van der Waals surface area contributed by atoms with E-state index in [1.165, 1.54) is 24.3 Å². The van der Waals surface area contributed by atoms with E-state index in [0.717, 1.165) is 16.9 Å². The highest BCUT2D eigenvalue weighted by atomic mass is 35.5. The van der Waals surface area contributed by atoms with Gasteiger partial charge in [-0.25, -0.2) is 27.9 Å². The molecule has 3 fully saturated rings. The largest absolute Gasteiger partial charge is 0.495 e. The SMILES string of the molecule is COc1ccc2c(O[C@H]3C[C@H]4C(=O)/N=C/CCC/C=C\[C@@H]5C[C@@]5(C(=O)NS(=O)(=O)C5CC5)NC(=O)N4C3)cc(-n3ccc(C(F)(F)F)n3)nc2c1Cl. The highest BCUT2D eigenvalue weighted by Gasteiger charge is 2.62. The molecule has 4 aliphatic rings. The normalized spacial score (nSPS) is 26.5. The highest BCUT2D eigenvalue weighted by molar-refractivity contribution is 7.91. The number of hydrogen-bond acceptors (Lipinski definition) is 9. The molecule has 2 N–H and O–H groups in total. The van der Waals surface area contributed by atoms with Crippen molar-refractivity contribution in [3.8, 4) is 17.3 Å². The van der Waals surface area contributed by atoms with Crippen molar-refractivity contribution in [2.45, 2.75) is 74.1 Å². The lowest BCUT2D eigenvalue weighted by molar-refractivity contribution is -0.141. The fraction of sp³-hybridized carbons (Fsp3) is 0.455. The number of pyridine rings is 1. The summed E-state index contributed by atoms with van der Waals surface area (Å²) in [6.07, 6.45) is 3.40. The fourth-order valence-corrected chi connectivity index (χ4v) is 8.09. The van der Waals surface area contributed by atoms with Crippen molar-refractivity contribution in [2.75, 3.05) is 13.7 Å². The predicted molar refractivity (Wildman–Crippen MR) is 181 cm³/mol. The van der Waals surface area contributed by atoms with E-state index in [2.05, 4.69) is 25.1 Å². The van der Waals surface area contributed by atoms with Gasteiger partial charge in [0.15, 0.2) is 11.5 Å². The molecule has 1 aromatic carbocycles. The number of urea groups is 1. The zero-order valence-corrected chi connectivity index (χ0v) is 29.2. The van der Waals surface area contributed by atoms with Crippen LogP contribution in [0.5, 0.6) is 11.5 Å². The molecule has 0 unspecified atom stereocenters. The van der Waals surface area contributed by atoms with Crippen molar-refractivity contribution in [1.29, 1.82) is 0 Å². The molecule has 7 rings (SSSR count). The van der Waals surface area contributed by atoms with E-state index in [1.54, 1.807) is 18.2 Å². The molecule has 276 valence electrons. The van der Waals surface area contributed by atoms with Crippen molar-refractivity contribution < 1.29 is 45.4 Å². The van der Waals surface area contributed by atoms with Gasteiger partial charge in [-0.2, -0.15) is 18.3 Å². The van der Waals surface area contributed by atoms with E-state index in [-0.39, 0.29) is 47.2 Å². The summed E-state index contributed by atoms with van der Waals surface area (Å²) in [5, 5.41) is 6.11. The van der Waals surface area contributed by atoms with Crippen LogP contribution in [-0.4, -0.2) is 88.7 Å². The van der Waals surface area contributed by atoms with Gasteiger partial charge in [-0.05, 0) is 56.7 Å². The van der Waals surface area contributed by atoms with Gasteiger partial charge >= 0.3 is 12.2 Å². The predicted octanol–water partition coefficient (Wildman–Crippen LogP) is 4.34. The first-order chi connectivity index (χ1) is 24.7. The van der Waals surface area contributed by atoms with Crippen LogP contribution in [0.25, 0.3) is 16.7 Å². The molecular weight excluding hydrogens is 731 g/mol. The minimum Gasteiger partial charge on any atom is -0.495 e. The topological polar surface area (TPSA) is 174 Å². The Morgan fingerprint density at radius 1 is 1.15 bits per heavy atom. The Morgan fingerprint density at radius 3 is 2.65 bits per heavy atom. The summed E-state index contributed by atoms with van der Waals surface area (Å²) in [4.78, 5) is 50.6. The molecule has 14 nitrogen and oxygen atoms in total. The molecule has 3 aromatic rings. The van der Waals surface area contributed by atoms with Gasteiger partial charge < -0.3 is 19.7 Å². The number of halogens is 4. The maximum absolute atomic E-state index is 14.0. The molecule has 19 heteroatoms. The van der Waals surface area contributed by atoms with E-state index in [0.29, 0.717) is 37.5 Å². The number of ether oxygens (including phenoxy) is 2. The number of sulfonamides is 1. The summed E-state index contributed by atoms with van der Waals surface area (Å²) >= 11 is 6.59. The Morgan fingerprint density at radius 2 is 1.94 bits per heavy atom. The molecule has 0 radical (unpaired) electrons. The molecule has 52 heavy (non-hydrogen) atoms. The van der Waals surface area contributed by atoms with E-state index in [4.69, 9.17) is 21.1 Å². The number of methoxy groups -OCH3 is 1. The summed E-state index contributed by atoms with van der Waals surface area (Å²) in [7, 11) is -2.53. The van der Waals surface area contributed by atoms with Crippen LogP contribution in [0.4, 0.5) is 18.0 Å². The van der Waals surface area contributed by atoms with Crippen LogP contribution < -0.4 is 19.5 Å². The van der Waals surface area contributed by atoms with E-state index < -0.39 is 68.6 Å². The minimum atomic E-state index is -4.71. The lowest BCUT2D eigenvalue weighted by atomic mass is 10.1. The van der Waals surface area contributed by atoms with Gasteiger partial charge in [0.1, 0.15) is 34.2 Å². The second kappa shape index (κ2) is 13.4. The summed E-state index contributed by atoms with van der Waals surface area (Å²) in [5.74, 6) is -1.65. The van der Waals surface area contributed by atoms with Gasteiger partial charge in [-0.3, -0.25) is 14.3 Å². The standard InChI is InChI=1S/C33H33ClF3N7O7S/c1-50-23-10-9-21-24(15-26(39-28(21)27(23)34)44-13-11-25(41-44)33(35,36)37)51-19-14-22-29(45)38-12-5-3-2-4-6-18-16-32(18,40-31(47)43(22)17-19)30(46)42-52(48,49)20-7-8-20/h4,6,9-13,15,18-20,22H,2-3,5,7-8,14,16-17H2,1H3,(H,40,47)(H,42,46)/b6-4-,38-12+/t18-,19+,22+,32-/m1/s1. The van der Waals surface area contributed by atoms with Crippen molar-refractivity contribution in [2.24, 2.45) is 10.9 Å². The summed E-state index contributed by atoms with van der Waals surface area (Å²) in [6, 6.07) is 3.40. The highest BCUT2D eigenvalue weighted by Crippen LogP contribution is 2.46. The second-order valence-electron chi connectivity index (χ2n) is 13.1. The number of fused-ring (bicyclic) bond motifs is 3. The number of amides is 4. The Hall–Kier alpha value is -4.71. The van der Waals surface area contributed by atoms with E-state index >= 15 is 0 Å². The third-order valence-electron chi connectivity index (χ3n) is 9.51. The van der Waals surface area contributed by atoms with Crippen molar-refractivity contribution in [3.63, 3.8) is 0 Å². The molecule has 4 atom stereocenters. The van der Waals surface area contributed by atoms with E-state index in [1.807, 2.05) is 6.08 Å². The first-order valence-electron chi connectivity index (χ1n) is 16.5. The van der Waals surface area contributed by atoms with Crippen LogP contribution in [0.2, 0.25) is 5.02 Å². The van der Waals surface area contributed by atoms with Gasteiger partial charge in [0.05, 0.1) is 24.4 Å². The average Bonchev–Trinajstić information content (AvgIpc) is 3.96. The zero-order chi connectivity index (χ0) is 37.0. The molecule has 1 saturated heterocycles. The van der Waals surface area contributed by atoms with Crippen LogP contribution in [0.15, 0.2) is 47.6 Å². The second-order valence-corrected chi connectivity index (χ2v) is 15.5. The number of alkyl halides is 3. The molecule has 2 aliphatic carbocycles. The third-order valence-corrected chi connectivity index (χ3v) is 11.7. The van der Waals surface area contributed by atoms with Crippen LogP contribution in [0, 0.1) is 5.92 Å². The molecule has 0 spiro atoms. The zero-order valence-electron chi connectivity index (χ0n) is 27.6. The maximum atomic E-state index is 14.0. The molecule has 2 aliphatic heterocycles. The number of aromatic nitrogens is 3. The molecule has 4 amide bonds. The molecule has 2 saturated carbocycles. The Labute approximate surface area is 300 Å². The van der Waals surface area contributed by atoms with Crippen molar-refractivity contribution in [3.05, 3.63) is 53.3 Å². The van der Waals surface area contributed by atoms with Crippen LogP contribution in [-0.2, 0) is 25.8 Å². The lowest BCUT2D eigenvalue weighted by Gasteiger charge is -2.26. The van der Waals surface area contributed by atoms with Crippen LogP contribution in [0.3, 0.4) is 0 Å². The molecule has 0 bridgehead atoms. The maximum Gasteiger partial charge on any atom is 0.435 e. The van der Waals surface area contributed by atoms with Gasteiger partial charge in [0.2, 0.25) is 10.0 Å². The van der Waals surface area contributed by atoms with Gasteiger partial charge in [0.25, 0.3) is 11.8 Å². The van der Waals surface area contributed by atoms with Crippen molar-refractivity contribution >= 4 is 56.6 Å². The third kappa shape index (κ3) is 6.92. The van der Waals surface area contributed by atoms with E-state index in [9.17, 15) is 36.0 Å². The quantitative estimate of drug-likeness (QED) is 0.332. The van der Waals surface area contributed by atoms with Gasteiger partial charge in [0, 0.05) is 36.2 Å². The Bertz CT molecular complexity index is 2120. The summed E-state index contributed by atoms with van der Waals surface area (Å²) < 4.78 is 80.3. The van der Waals surface area contributed by atoms with Crippen LogP contribution >= 0.6 is 11.6 Å². The lowest BCUT2D eigenvalue weighted by Crippen LogP contribution is -2.57. The smallest absolute Gasteiger partial charge is 0.435 e. The first kappa shape index (κ1) is 35.7. The average molecular weight is 764 g/mol. The van der Waals surface area contributed by atoms with Gasteiger partial charge in [-0.15, -0.1) is 0 Å². The number of rotatable bonds is 7. The number of benzene rings is 1. The number of aliphatic imine (C=N–C) groups is 1. The number of hydrogen-bond donors (Lipinski definition) is 2. The van der Waals surface area contributed by atoms with Gasteiger partial charge in [-0.1, -0.05) is 23.8 Å². The summed E-state index contributed by atoms with van der Waals surface area (Å²) in [5.41, 5.74) is -2.57. The van der Waals surface area contributed by atoms with Crippen molar-refractivity contribution in [1.82, 2.24) is 29.7 Å². The minimum absolute atomic E-state index is 0.0365. The Balaban J connectivity index is 1.21.